The number of likely N-dealkylation sites (tertiary alicyclic amines) is 1. The lowest BCUT2D eigenvalue weighted by Gasteiger charge is -2.51. The van der Waals surface area contributed by atoms with E-state index in [9.17, 15) is 4.79 Å². The maximum absolute atomic E-state index is 12.4. The van der Waals surface area contributed by atoms with E-state index < -0.39 is 5.60 Å². The lowest BCUT2D eigenvalue weighted by molar-refractivity contribution is -0.0125. The van der Waals surface area contributed by atoms with Crippen LogP contribution in [0.15, 0.2) is 30.7 Å². The van der Waals surface area contributed by atoms with Crippen LogP contribution in [0.2, 0.25) is 0 Å². The molecular weight excluding hydrogens is 458 g/mol. The van der Waals surface area contributed by atoms with Crippen molar-refractivity contribution in [2.75, 3.05) is 13.1 Å². The zero-order valence-electron chi connectivity index (χ0n) is 21.2. The molecule has 1 aromatic carbocycles. The molecule has 6 rings (SSSR count). The van der Waals surface area contributed by atoms with Crippen molar-refractivity contribution in [3.05, 3.63) is 42.0 Å². The molecule has 3 aromatic heterocycles. The van der Waals surface area contributed by atoms with Crippen LogP contribution in [0.4, 0.5) is 4.79 Å². The Labute approximate surface area is 209 Å². The molecular formula is C27H33N5O2S. The Kier molecular flexibility index (Phi) is 5.04. The second-order valence-electron chi connectivity index (χ2n) is 11.6. The summed E-state index contributed by atoms with van der Waals surface area (Å²) >= 11 is 1.75. The molecule has 0 atom stereocenters. The number of aromatic nitrogens is 4. The number of ether oxygens (including phenoxy) is 1. The maximum atomic E-state index is 12.4. The predicted molar refractivity (Wildman–Crippen MR) is 139 cm³/mol. The Morgan fingerprint density at radius 1 is 1.14 bits per heavy atom. The molecule has 1 spiro atoms. The maximum Gasteiger partial charge on any atom is 0.410 e. The molecule has 1 amide bonds. The summed E-state index contributed by atoms with van der Waals surface area (Å²) in [6, 6.07) is 4.45. The fraction of sp³-hybridized carbons (Fsp3) is 0.519. The number of amides is 1. The quantitative estimate of drug-likeness (QED) is 0.337. The number of carbonyl (C=O) groups is 1. The summed E-state index contributed by atoms with van der Waals surface area (Å²) in [5.74, 6) is 0.521. The Hall–Kier alpha value is -2.87. The highest BCUT2D eigenvalue weighted by Crippen LogP contribution is 2.56. The van der Waals surface area contributed by atoms with Crippen molar-refractivity contribution in [1.82, 2.24) is 24.1 Å². The third-order valence-electron chi connectivity index (χ3n) is 7.63. The smallest absolute Gasteiger partial charge is 0.410 e. The minimum Gasteiger partial charge on any atom is -0.444 e. The summed E-state index contributed by atoms with van der Waals surface area (Å²) in [6.07, 6.45) is 10.8. The van der Waals surface area contributed by atoms with Crippen LogP contribution in [0.5, 0.6) is 0 Å². The van der Waals surface area contributed by atoms with E-state index in [1.54, 1.807) is 11.3 Å². The van der Waals surface area contributed by atoms with Crippen LogP contribution < -0.4 is 0 Å². The molecule has 8 heteroatoms. The lowest BCUT2D eigenvalue weighted by atomic mass is 9.57. The van der Waals surface area contributed by atoms with Gasteiger partial charge in [-0.15, -0.1) is 0 Å². The standard InChI is InChI=1S/C27H33N5O2S/c1-17-10-18(11-19-14-30(5)29-23(17)19)22-16-32-15-21(28-24(32)35-22)20-12-27(13-20)6-8-31(9-7-27)25(33)34-26(2,3)4/h10-11,14-16,20H,6-9,12-13H2,1-5H3. The van der Waals surface area contributed by atoms with Crippen LogP contribution in [0, 0.1) is 12.3 Å². The molecule has 1 aliphatic heterocycles. The summed E-state index contributed by atoms with van der Waals surface area (Å²) in [5, 5.41) is 5.74. The average molecular weight is 492 g/mol. The van der Waals surface area contributed by atoms with Gasteiger partial charge < -0.3 is 9.64 Å². The largest absolute Gasteiger partial charge is 0.444 e. The van der Waals surface area contributed by atoms with E-state index in [4.69, 9.17) is 9.72 Å². The lowest BCUT2D eigenvalue weighted by Crippen LogP contribution is -2.49. The number of hydrogen-bond acceptors (Lipinski definition) is 5. The van der Waals surface area contributed by atoms with Gasteiger partial charge >= 0.3 is 6.09 Å². The first-order valence-corrected chi connectivity index (χ1v) is 13.3. The van der Waals surface area contributed by atoms with Gasteiger partial charge in [0.05, 0.1) is 16.1 Å². The molecule has 0 radical (unpaired) electrons. The number of rotatable bonds is 2. The number of carbonyl (C=O) groups excluding carboxylic acids is 1. The number of benzene rings is 1. The Morgan fingerprint density at radius 2 is 1.89 bits per heavy atom. The summed E-state index contributed by atoms with van der Waals surface area (Å²) in [5.41, 5.74) is 4.62. The number of nitrogens with zero attached hydrogens (tertiary/aromatic N) is 5. The Balaban J connectivity index is 1.12. The third kappa shape index (κ3) is 4.11. The van der Waals surface area contributed by atoms with Gasteiger partial charge in [-0.1, -0.05) is 11.3 Å². The molecule has 1 aliphatic carbocycles. The van der Waals surface area contributed by atoms with E-state index in [2.05, 4.69) is 47.1 Å². The Morgan fingerprint density at radius 3 is 2.57 bits per heavy atom. The predicted octanol–water partition coefficient (Wildman–Crippen LogP) is 6.15. The fourth-order valence-electron chi connectivity index (χ4n) is 5.81. The van der Waals surface area contributed by atoms with Gasteiger partial charge in [-0.2, -0.15) is 5.10 Å². The monoisotopic (exact) mass is 491 g/mol. The minimum atomic E-state index is -0.439. The number of aryl methyl sites for hydroxylation is 2. The molecule has 4 aromatic rings. The summed E-state index contributed by atoms with van der Waals surface area (Å²) in [7, 11) is 1.97. The fourth-order valence-corrected chi connectivity index (χ4v) is 6.77. The van der Waals surface area contributed by atoms with E-state index in [1.165, 1.54) is 39.9 Å². The normalized spacial score (nSPS) is 18.5. The number of fused-ring (bicyclic) bond motifs is 2. The van der Waals surface area contributed by atoms with Crippen LogP contribution >= 0.6 is 11.3 Å². The molecule has 1 saturated heterocycles. The van der Waals surface area contributed by atoms with E-state index in [1.807, 2.05) is 37.4 Å². The zero-order valence-corrected chi connectivity index (χ0v) is 22.0. The van der Waals surface area contributed by atoms with Gasteiger partial charge in [0.2, 0.25) is 0 Å². The molecule has 1 saturated carbocycles. The minimum absolute atomic E-state index is 0.175. The van der Waals surface area contributed by atoms with E-state index >= 15 is 0 Å². The van der Waals surface area contributed by atoms with Gasteiger partial charge in [0.1, 0.15) is 5.60 Å². The van der Waals surface area contributed by atoms with Crippen molar-refractivity contribution >= 4 is 33.3 Å². The van der Waals surface area contributed by atoms with Crippen LogP contribution in [-0.4, -0.2) is 48.8 Å². The number of hydrogen-bond donors (Lipinski definition) is 0. The van der Waals surface area contributed by atoms with E-state index in [0.717, 1.165) is 36.4 Å². The molecule has 2 aliphatic rings. The number of imidazole rings is 1. The Bertz CT molecular complexity index is 1390. The van der Waals surface area contributed by atoms with Gasteiger partial charge in [-0.25, -0.2) is 9.78 Å². The highest BCUT2D eigenvalue weighted by Gasteiger charge is 2.47. The van der Waals surface area contributed by atoms with Crippen molar-refractivity contribution in [3.63, 3.8) is 0 Å². The van der Waals surface area contributed by atoms with Crippen molar-refractivity contribution in [2.45, 2.75) is 64.9 Å². The van der Waals surface area contributed by atoms with Crippen molar-refractivity contribution in [2.24, 2.45) is 12.5 Å². The average Bonchev–Trinajstić information content (AvgIpc) is 3.43. The second kappa shape index (κ2) is 7.82. The molecule has 2 fully saturated rings. The van der Waals surface area contributed by atoms with Gasteiger partial charge in [0.15, 0.2) is 4.96 Å². The molecule has 4 heterocycles. The summed E-state index contributed by atoms with van der Waals surface area (Å²) in [4.78, 5) is 21.6. The third-order valence-corrected chi connectivity index (χ3v) is 8.67. The van der Waals surface area contributed by atoms with Crippen LogP contribution in [0.25, 0.3) is 26.3 Å². The van der Waals surface area contributed by atoms with Gasteiger partial charge in [-0.3, -0.25) is 9.08 Å². The number of piperidine rings is 1. The van der Waals surface area contributed by atoms with Crippen molar-refractivity contribution < 1.29 is 9.53 Å². The van der Waals surface area contributed by atoms with E-state index in [-0.39, 0.29) is 6.09 Å². The highest BCUT2D eigenvalue weighted by atomic mass is 32.1. The van der Waals surface area contributed by atoms with Crippen LogP contribution in [-0.2, 0) is 11.8 Å². The summed E-state index contributed by atoms with van der Waals surface area (Å²) in [6.45, 7) is 9.48. The van der Waals surface area contributed by atoms with Gasteiger partial charge in [-0.05, 0) is 82.1 Å². The summed E-state index contributed by atoms with van der Waals surface area (Å²) < 4.78 is 9.62. The molecule has 7 nitrogen and oxygen atoms in total. The van der Waals surface area contributed by atoms with Crippen molar-refractivity contribution in [1.29, 1.82) is 0 Å². The molecule has 0 N–H and O–H groups in total. The molecule has 0 bridgehead atoms. The zero-order chi connectivity index (χ0) is 24.5. The molecule has 0 unspecified atom stereocenters. The van der Waals surface area contributed by atoms with Crippen LogP contribution in [0.1, 0.15) is 63.6 Å². The van der Waals surface area contributed by atoms with Gasteiger partial charge in [0.25, 0.3) is 0 Å². The van der Waals surface area contributed by atoms with Crippen molar-refractivity contribution in [3.8, 4) is 10.4 Å². The molecule has 35 heavy (non-hydrogen) atoms. The SMILES string of the molecule is Cc1cc(-c2cn3cc(C4CC5(CCN(C(=O)OC(C)(C)C)CC5)C4)nc3s2)cc2cn(C)nc12. The first-order valence-electron chi connectivity index (χ1n) is 12.5. The van der Waals surface area contributed by atoms with Crippen LogP contribution in [0.3, 0.4) is 0 Å². The first kappa shape index (κ1) is 22.6. The van der Waals surface area contributed by atoms with E-state index in [0.29, 0.717) is 11.3 Å². The first-order chi connectivity index (χ1) is 16.6. The molecule has 184 valence electrons. The highest BCUT2D eigenvalue weighted by molar-refractivity contribution is 7.20. The van der Waals surface area contributed by atoms with Gasteiger partial charge in [0, 0.05) is 50.0 Å². The number of thiazole rings is 1. The topological polar surface area (TPSA) is 64.7 Å². The second-order valence-corrected chi connectivity index (χ2v) is 12.6.